The van der Waals surface area contributed by atoms with Crippen LogP contribution in [0.2, 0.25) is 0 Å². The minimum Gasteiger partial charge on any atom is -0.314 e. The molecular formula is C16H15F15N3O5P3. The van der Waals surface area contributed by atoms with Crippen LogP contribution in [0.15, 0.2) is 43.9 Å². The first-order valence-corrected chi connectivity index (χ1v) is 15.0. The topological polar surface area (TPSA) is 83.2 Å². The van der Waals surface area contributed by atoms with E-state index >= 15 is 0 Å². The summed E-state index contributed by atoms with van der Waals surface area (Å²) in [6, 6.07) is 4.69. The second-order valence-electron chi connectivity index (χ2n) is 7.57. The predicted molar refractivity (Wildman–Crippen MR) is 114 cm³/mol. The quantitative estimate of drug-likeness (QED) is 0.169. The predicted octanol–water partition coefficient (Wildman–Crippen LogP) is 9.14. The molecule has 0 radical (unpaired) electrons. The van der Waals surface area contributed by atoms with Crippen molar-refractivity contribution in [2.45, 2.75) is 30.9 Å². The molecule has 2 rings (SSSR count). The number of hydrogen-bond donors (Lipinski definition) is 0. The highest BCUT2D eigenvalue weighted by atomic mass is 31.3. The molecule has 0 N–H and O–H groups in total. The summed E-state index contributed by atoms with van der Waals surface area (Å²) in [7, 11) is -17.1. The lowest BCUT2D eigenvalue weighted by Crippen LogP contribution is -2.23. The summed E-state index contributed by atoms with van der Waals surface area (Å²) in [6.07, 6.45) is -27.3. The Hall–Kier alpha value is -1.34. The second-order valence-corrected chi connectivity index (χ2v) is 14.6. The molecule has 1 aliphatic heterocycles. The number of hydrogen-bond acceptors (Lipinski definition) is 8. The van der Waals surface area contributed by atoms with Crippen molar-refractivity contribution in [3.05, 3.63) is 30.3 Å². The van der Waals surface area contributed by atoms with Crippen LogP contribution < -0.4 is 5.30 Å². The minimum absolute atomic E-state index is 0.754. The van der Waals surface area contributed by atoms with Crippen LogP contribution in [0.3, 0.4) is 0 Å². The van der Waals surface area contributed by atoms with Crippen LogP contribution in [0, 0.1) is 0 Å². The fourth-order valence-corrected chi connectivity index (χ4v) is 12.8. The van der Waals surface area contributed by atoms with Crippen LogP contribution in [0.25, 0.3) is 0 Å². The fraction of sp³-hybridized carbons (Fsp3) is 0.625. The van der Waals surface area contributed by atoms with Gasteiger partial charge in [-0.25, -0.2) is 0 Å². The van der Waals surface area contributed by atoms with Crippen molar-refractivity contribution < 1.29 is 88.5 Å². The average molecular weight is 707 g/mol. The van der Waals surface area contributed by atoms with Crippen molar-refractivity contribution in [1.29, 1.82) is 0 Å². The standard InChI is InChI=1S/C16H15F15N3O5P3/c17-12(18,19)6-35-40(11-4-2-1-3-5-11)32-41(36-7-13(20,21)22,37-8-14(23,24)25)34-42(33-40,38-9-15(26,27)28)39-10-16(29,30)31/h1-5H,6-10H2. The third kappa shape index (κ3) is 12.7. The van der Waals surface area contributed by atoms with Crippen molar-refractivity contribution in [2.75, 3.05) is 33.0 Å². The van der Waals surface area contributed by atoms with E-state index in [1.165, 1.54) is 6.07 Å². The van der Waals surface area contributed by atoms with E-state index in [2.05, 4.69) is 36.2 Å². The molecule has 0 spiro atoms. The van der Waals surface area contributed by atoms with Crippen LogP contribution >= 0.6 is 22.8 Å². The molecule has 244 valence electrons. The smallest absolute Gasteiger partial charge is 0.314 e. The minimum atomic E-state index is -5.90. The van der Waals surface area contributed by atoms with Crippen LogP contribution in [0.4, 0.5) is 65.9 Å². The first kappa shape index (κ1) is 36.8. The zero-order valence-corrected chi connectivity index (χ0v) is 22.5. The van der Waals surface area contributed by atoms with Crippen molar-refractivity contribution in [3.8, 4) is 0 Å². The molecule has 8 nitrogen and oxygen atoms in total. The molecule has 0 aliphatic carbocycles. The number of nitrogens with zero attached hydrogens (tertiary/aromatic N) is 3. The molecule has 0 saturated heterocycles. The van der Waals surface area contributed by atoms with E-state index in [4.69, 9.17) is 0 Å². The summed E-state index contributed by atoms with van der Waals surface area (Å²) in [6.45, 7) is -13.0. The van der Waals surface area contributed by atoms with Crippen molar-refractivity contribution in [2.24, 2.45) is 13.5 Å². The van der Waals surface area contributed by atoms with Gasteiger partial charge in [0.1, 0.15) is 0 Å². The number of halogens is 15. The molecule has 1 atom stereocenters. The third-order valence-electron chi connectivity index (χ3n) is 3.78. The highest BCUT2D eigenvalue weighted by Crippen LogP contribution is 2.80. The summed E-state index contributed by atoms with van der Waals surface area (Å²) >= 11 is 0. The lowest BCUT2D eigenvalue weighted by molar-refractivity contribution is -0.163. The van der Waals surface area contributed by atoms with Gasteiger partial charge in [0.2, 0.25) is 7.43 Å². The first-order chi connectivity index (χ1) is 18.8. The Kier molecular flexibility index (Phi) is 11.4. The number of alkyl halides is 15. The van der Waals surface area contributed by atoms with E-state index in [9.17, 15) is 65.9 Å². The van der Waals surface area contributed by atoms with Gasteiger partial charge in [0.05, 0.1) is 0 Å². The highest BCUT2D eigenvalue weighted by molar-refractivity contribution is 7.83. The maximum absolute atomic E-state index is 13.2. The van der Waals surface area contributed by atoms with Gasteiger partial charge in [0, 0.05) is 5.30 Å². The Morgan fingerprint density at radius 1 is 0.429 bits per heavy atom. The molecule has 0 amide bonds. The zero-order valence-electron chi connectivity index (χ0n) is 19.8. The SMILES string of the molecule is FC(F)(F)COP1(OCC(F)(F)F)=NP(OCC(F)(F)F)(OCC(F)(F)F)=NP(OCC(F)(F)F)(c2ccccc2)=N1. The largest absolute Gasteiger partial charge is 0.412 e. The molecule has 0 aromatic heterocycles. The lowest BCUT2D eigenvalue weighted by atomic mass is 10.4. The van der Waals surface area contributed by atoms with Gasteiger partial charge in [-0.1, -0.05) is 18.2 Å². The van der Waals surface area contributed by atoms with Gasteiger partial charge < -0.3 is 4.52 Å². The van der Waals surface area contributed by atoms with Crippen molar-refractivity contribution >= 4 is 28.1 Å². The molecule has 0 saturated carbocycles. The summed E-state index contributed by atoms with van der Waals surface area (Å²) < 4.78 is 228. The normalized spacial score (nSPS) is 21.3. The van der Waals surface area contributed by atoms with E-state index in [1.54, 1.807) is 0 Å². The molecule has 26 heteroatoms. The first-order valence-electron chi connectivity index (χ1n) is 10.3. The van der Waals surface area contributed by atoms with Gasteiger partial charge in [0.15, 0.2) is 33.0 Å². The fourth-order valence-electron chi connectivity index (χ4n) is 2.43. The highest BCUT2D eigenvalue weighted by Gasteiger charge is 2.49. The number of rotatable bonds is 11. The van der Waals surface area contributed by atoms with Gasteiger partial charge >= 0.3 is 46.2 Å². The van der Waals surface area contributed by atoms with E-state index < -0.39 is 92.0 Å². The summed E-state index contributed by atoms with van der Waals surface area (Å²) in [4.78, 5) is 0. The summed E-state index contributed by atoms with van der Waals surface area (Å²) in [5, 5.41) is -0.754. The van der Waals surface area contributed by atoms with Crippen molar-refractivity contribution in [3.63, 3.8) is 0 Å². The summed E-state index contributed by atoms with van der Waals surface area (Å²) in [5.74, 6) is 0. The number of benzene rings is 1. The van der Waals surface area contributed by atoms with Gasteiger partial charge in [-0.2, -0.15) is 74.9 Å². The molecule has 0 fully saturated rings. The van der Waals surface area contributed by atoms with E-state index in [-0.39, 0.29) is 0 Å². The Morgan fingerprint density at radius 3 is 1.07 bits per heavy atom. The Morgan fingerprint density at radius 2 is 0.738 bits per heavy atom. The maximum atomic E-state index is 13.2. The van der Waals surface area contributed by atoms with E-state index in [1.807, 2.05) is 0 Å². The maximum Gasteiger partial charge on any atom is 0.412 e. The van der Waals surface area contributed by atoms with Crippen LogP contribution in [-0.4, -0.2) is 63.9 Å². The lowest BCUT2D eigenvalue weighted by Gasteiger charge is -2.34. The average Bonchev–Trinajstić information content (AvgIpc) is 2.81. The molecule has 0 bridgehead atoms. The Labute approximate surface area is 225 Å². The molecule has 1 unspecified atom stereocenters. The second kappa shape index (κ2) is 12.9. The van der Waals surface area contributed by atoms with E-state index in [0.29, 0.717) is 0 Å². The molecular weight excluding hydrogens is 692 g/mol. The van der Waals surface area contributed by atoms with Gasteiger partial charge in [-0.15, -0.1) is 4.52 Å². The summed E-state index contributed by atoms with van der Waals surface area (Å²) in [5.41, 5.74) is 0. The van der Waals surface area contributed by atoms with Gasteiger partial charge in [-0.3, -0.25) is 18.1 Å². The van der Waals surface area contributed by atoms with E-state index in [0.717, 1.165) is 24.3 Å². The zero-order chi connectivity index (χ0) is 32.3. The molecule has 1 aromatic rings. The van der Waals surface area contributed by atoms with Crippen LogP contribution in [0.1, 0.15) is 0 Å². The van der Waals surface area contributed by atoms with Crippen LogP contribution in [0.5, 0.6) is 0 Å². The van der Waals surface area contributed by atoms with Gasteiger partial charge in [-0.05, 0) is 12.1 Å². The third-order valence-corrected chi connectivity index (χ3v) is 12.7. The molecule has 1 aromatic carbocycles. The monoisotopic (exact) mass is 707 g/mol. The van der Waals surface area contributed by atoms with Crippen LogP contribution in [-0.2, 0) is 22.6 Å². The van der Waals surface area contributed by atoms with Crippen molar-refractivity contribution in [1.82, 2.24) is 0 Å². The van der Waals surface area contributed by atoms with Gasteiger partial charge in [0.25, 0.3) is 0 Å². The Bertz CT molecular complexity index is 1140. The molecule has 1 aliphatic rings. The Balaban J connectivity index is 3.06. The molecule has 42 heavy (non-hydrogen) atoms. The molecule has 1 heterocycles.